The maximum atomic E-state index is 5.37. The number of rotatable bonds is 3. The number of hydrogen-bond acceptors (Lipinski definition) is 4. The van der Waals surface area contributed by atoms with Crippen LogP contribution in [0, 0.1) is 0 Å². The van der Waals surface area contributed by atoms with Crippen molar-refractivity contribution in [3.8, 4) is 0 Å². The summed E-state index contributed by atoms with van der Waals surface area (Å²) in [6.07, 6.45) is 0. The van der Waals surface area contributed by atoms with Crippen LogP contribution in [-0.2, 0) is 0 Å². The van der Waals surface area contributed by atoms with Crippen molar-refractivity contribution in [1.29, 1.82) is 0 Å². The molecule has 0 bridgehead atoms. The summed E-state index contributed by atoms with van der Waals surface area (Å²) in [5.74, 6) is 0. The molecule has 0 saturated heterocycles. The lowest BCUT2D eigenvalue weighted by molar-refractivity contribution is 0.0486. The van der Waals surface area contributed by atoms with Gasteiger partial charge in [-0.1, -0.05) is 26.4 Å². The lowest BCUT2D eigenvalue weighted by Gasteiger charge is -2.09. The Morgan fingerprint density at radius 1 is 1.50 bits per heavy atom. The molecule has 1 aromatic heterocycles. The summed E-state index contributed by atoms with van der Waals surface area (Å²) >= 11 is 0. The van der Waals surface area contributed by atoms with Crippen LogP contribution in [0.1, 0.15) is 0 Å². The number of para-hydroxylation sites is 1. The summed E-state index contributed by atoms with van der Waals surface area (Å²) in [5, 5.41) is 7.84. The second-order valence-electron chi connectivity index (χ2n) is 2.97. The van der Waals surface area contributed by atoms with Crippen LogP contribution >= 0.6 is 9.39 Å². The van der Waals surface area contributed by atoms with Gasteiger partial charge in [-0.3, -0.25) is 4.67 Å². The molecule has 74 valence electrons. The Morgan fingerprint density at radius 2 is 2.29 bits per heavy atom. The van der Waals surface area contributed by atoms with Gasteiger partial charge < -0.3 is 4.84 Å². The van der Waals surface area contributed by atoms with Crippen LogP contribution in [0.3, 0.4) is 0 Å². The van der Waals surface area contributed by atoms with E-state index >= 15 is 0 Å². The Kier molecular flexibility index (Phi) is 2.61. The third-order valence-electron chi connectivity index (χ3n) is 1.71. The fourth-order valence-corrected chi connectivity index (χ4v) is 1.16. The predicted octanol–water partition coefficient (Wildman–Crippen LogP) is 0.539. The Morgan fingerprint density at radius 3 is 3.07 bits per heavy atom. The van der Waals surface area contributed by atoms with Gasteiger partial charge in [0, 0.05) is 0 Å². The van der Waals surface area contributed by atoms with Crippen molar-refractivity contribution in [3.05, 3.63) is 24.3 Å². The molecule has 1 aromatic carbocycles. The fourth-order valence-electron chi connectivity index (χ4n) is 1.09. The highest BCUT2D eigenvalue weighted by molar-refractivity contribution is 7.13. The predicted molar refractivity (Wildman–Crippen MR) is 56.4 cm³/mol. The SMILES string of the molecule is CN(P)COn1nnc2ccccc21. The summed E-state index contributed by atoms with van der Waals surface area (Å²) < 4.78 is 1.83. The molecule has 0 aliphatic carbocycles. The van der Waals surface area contributed by atoms with Crippen molar-refractivity contribution in [3.63, 3.8) is 0 Å². The minimum Gasteiger partial charge on any atom is -0.379 e. The van der Waals surface area contributed by atoms with E-state index in [1.165, 1.54) is 4.85 Å². The first-order chi connectivity index (χ1) is 6.77. The zero-order valence-corrected chi connectivity index (χ0v) is 8.95. The highest BCUT2D eigenvalue weighted by Gasteiger charge is 2.03. The zero-order valence-electron chi connectivity index (χ0n) is 7.79. The van der Waals surface area contributed by atoms with Crippen molar-refractivity contribution < 1.29 is 4.84 Å². The Labute approximate surface area is 83.9 Å². The van der Waals surface area contributed by atoms with Crippen LogP contribution in [0.5, 0.6) is 0 Å². The summed E-state index contributed by atoms with van der Waals surface area (Å²) in [6, 6.07) is 7.66. The molecule has 0 spiro atoms. The largest absolute Gasteiger partial charge is 0.379 e. The van der Waals surface area contributed by atoms with Gasteiger partial charge in [0.05, 0.1) is 0 Å². The summed E-state index contributed by atoms with van der Waals surface area (Å²) in [7, 11) is 4.40. The molecule has 0 aliphatic rings. The van der Waals surface area contributed by atoms with E-state index in [1.54, 1.807) is 0 Å². The third kappa shape index (κ3) is 1.84. The Bertz CT molecular complexity index is 428. The second-order valence-corrected chi connectivity index (χ2v) is 3.85. The molecule has 1 heterocycles. The van der Waals surface area contributed by atoms with Gasteiger partial charge in [-0.2, -0.15) is 0 Å². The van der Waals surface area contributed by atoms with Gasteiger partial charge in [-0.15, -0.1) is 5.10 Å². The molecule has 5 nitrogen and oxygen atoms in total. The number of fused-ring (bicyclic) bond motifs is 1. The topological polar surface area (TPSA) is 43.2 Å². The third-order valence-corrected chi connectivity index (χ3v) is 1.85. The van der Waals surface area contributed by atoms with E-state index in [0.717, 1.165) is 11.0 Å². The van der Waals surface area contributed by atoms with Gasteiger partial charge in [0.2, 0.25) is 0 Å². The molecule has 0 aliphatic heterocycles. The maximum absolute atomic E-state index is 5.37. The monoisotopic (exact) mass is 210 g/mol. The Balaban J connectivity index is 2.25. The van der Waals surface area contributed by atoms with Gasteiger partial charge in [-0.05, 0) is 24.4 Å². The lowest BCUT2D eigenvalue weighted by atomic mass is 10.3. The van der Waals surface area contributed by atoms with Crippen LogP contribution in [0.2, 0.25) is 0 Å². The minimum atomic E-state index is 0.442. The summed E-state index contributed by atoms with van der Waals surface area (Å²) in [4.78, 5) is 6.80. The number of nitrogens with zero attached hydrogens (tertiary/aromatic N) is 4. The molecule has 1 atom stereocenters. The molecular formula is C8H11N4OP. The van der Waals surface area contributed by atoms with Crippen LogP contribution in [0.15, 0.2) is 24.3 Å². The minimum absolute atomic E-state index is 0.442. The van der Waals surface area contributed by atoms with Crippen LogP contribution < -0.4 is 4.84 Å². The van der Waals surface area contributed by atoms with Crippen molar-refractivity contribution in [2.75, 3.05) is 13.8 Å². The molecule has 2 rings (SSSR count). The van der Waals surface area contributed by atoms with Crippen LogP contribution in [-0.4, -0.2) is 33.6 Å². The van der Waals surface area contributed by atoms with Crippen LogP contribution in [0.4, 0.5) is 0 Å². The quantitative estimate of drug-likeness (QED) is 0.547. The molecule has 1 unspecified atom stereocenters. The number of benzene rings is 1. The molecule has 0 saturated carbocycles. The van der Waals surface area contributed by atoms with Crippen molar-refractivity contribution in [1.82, 2.24) is 19.8 Å². The smallest absolute Gasteiger partial charge is 0.173 e. The van der Waals surface area contributed by atoms with E-state index in [1.807, 2.05) is 36.0 Å². The van der Waals surface area contributed by atoms with E-state index in [0.29, 0.717) is 6.73 Å². The lowest BCUT2D eigenvalue weighted by Crippen LogP contribution is -2.22. The fraction of sp³-hybridized carbons (Fsp3) is 0.250. The first kappa shape index (κ1) is 9.37. The van der Waals surface area contributed by atoms with Gasteiger partial charge >= 0.3 is 0 Å². The number of hydrogen-bond donors (Lipinski definition) is 0. The Hall–Kier alpha value is -1.19. The molecule has 0 N–H and O–H groups in total. The first-order valence-electron chi connectivity index (χ1n) is 4.17. The molecule has 0 amide bonds. The average molecular weight is 210 g/mol. The molecule has 14 heavy (non-hydrogen) atoms. The van der Waals surface area contributed by atoms with Gasteiger partial charge in [0.25, 0.3) is 0 Å². The number of aromatic nitrogens is 3. The van der Waals surface area contributed by atoms with E-state index in [4.69, 9.17) is 4.84 Å². The molecule has 2 aromatic rings. The standard InChI is InChI=1S/C8H11N4OP/c1-11(14)6-13-12-8-5-3-2-4-7(8)9-10-12/h2-5H,6,14H2,1H3. The highest BCUT2D eigenvalue weighted by Crippen LogP contribution is 2.08. The van der Waals surface area contributed by atoms with Gasteiger partial charge in [0.15, 0.2) is 6.73 Å². The van der Waals surface area contributed by atoms with E-state index in [-0.39, 0.29) is 0 Å². The average Bonchev–Trinajstić information content (AvgIpc) is 2.58. The summed E-state index contributed by atoms with van der Waals surface area (Å²) in [5.41, 5.74) is 1.71. The first-order valence-corrected chi connectivity index (χ1v) is 4.68. The maximum Gasteiger partial charge on any atom is 0.173 e. The van der Waals surface area contributed by atoms with Crippen molar-refractivity contribution >= 4 is 20.4 Å². The molecule has 0 radical (unpaired) electrons. The highest BCUT2D eigenvalue weighted by atomic mass is 31.0. The normalized spacial score (nSPS) is 11.1. The summed E-state index contributed by atoms with van der Waals surface area (Å²) in [6.45, 7) is 0.442. The van der Waals surface area contributed by atoms with E-state index in [9.17, 15) is 0 Å². The van der Waals surface area contributed by atoms with Crippen molar-refractivity contribution in [2.45, 2.75) is 0 Å². The van der Waals surface area contributed by atoms with E-state index < -0.39 is 0 Å². The zero-order chi connectivity index (χ0) is 9.97. The van der Waals surface area contributed by atoms with Crippen molar-refractivity contribution in [2.24, 2.45) is 0 Å². The van der Waals surface area contributed by atoms with Gasteiger partial charge in [0.1, 0.15) is 11.0 Å². The van der Waals surface area contributed by atoms with Gasteiger partial charge in [-0.25, -0.2) is 0 Å². The van der Waals surface area contributed by atoms with E-state index in [2.05, 4.69) is 19.7 Å². The molecule has 6 heteroatoms. The molecule has 0 fully saturated rings. The second kappa shape index (κ2) is 3.90. The van der Waals surface area contributed by atoms with Crippen LogP contribution in [0.25, 0.3) is 11.0 Å². The molecular weight excluding hydrogens is 199 g/mol.